The molecule has 1 amide bonds. The molecule has 0 unspecified atom stereocenters. The fraction of sp³-hybridized carbons (Fsp3) is 0.238. The number of carbonyl (C=O) groups is 1. The van der Waals surface area contributed by atoms with Crippen LogP contribution in [0.5, 0.6) is 0 Å². The number of nitrogens with one attached hydrogen (secondary N) is 1. The van der Waals surface area contributed by atoms with Crippen LogP contribution < -0.4 is 10.2 Å². The molecule has 0 aromatic heterocycles. The number of benzene rings is 2. The van der Waals surface area contributed by atoms with Crippen molar-refractivity contribution in [3.05, 3.63) is 65.2 Å². The summed E-state index contributed by atoms with van der Waals surface area (Å²) in [6.45, 7) is 8.05. The molecule has 4 heteroatoms. The SMILES string of the molecule is CCN(CC)c1ccc(/C=C(/C#N)C(=O)Nc2cccc(C)c2)cc1. The van der Waals surface area contributed by atoms with Crippen LogP contribution in [0.15, 0.2) is 54.1 Å². The fourth-order valence-electron chi connectivity index (χ4n) is 2.61. The summed E-state index contributed by atoms with van der Waals surface area (Å²) in [7, 11) is 0. The lowest BCUT2D eigenvalue weighted by molar-refractivity contribution is -0.112. The van der Waals surface area contributed by atoms with Crippen LogP contribution in [0.3, 0.4) is 0 Å². The van der Waals surface area contributed by atoms with Crippen LogP contribution in [0.25, 0.3) is 6.08 Å². The first-order chi connectivity index (χ1) is 12.1. The Kier molecular flexibility index (Phi) is 6.36. The zero-order valence-corrected chi connectivity index (χ0v) is 14.9. The van der Waals surface area contributed by atoms with Crippen LogP contribution >= 0.6 is 0 Å². The summed E-state index contributed by atoms with van der Waals surface area (Å²) in [5.74, 6) is -0.402. The van der Waals surface area contributed by atoms with Crippen molar-refractivity contribution in [1.82, 2.24) is 0 Å². The highest BCUT2D eigenvalue weighted by Gasteiger charge is 2.10. The molecule has 2 aromatic carbocycles. The van der Waals surface area contributed by atoms with Crippen molar-refractivity contribution in [2.45, 2.75) is 20.8 Å². The van der Waals surface area contributed by atoms with Gasteiger partial charge in [-0.1, -0.05) is 24.3 Å². The van der Waals surface area contributed by atoms with Crippen LogP contribution in [0.2, 0.25) is 0 Å². The second-order valence-corrected chi connectivity index (χ2v) is 5.76. The highest BCUT2D eigenvalue weighted by Crippen LogP contribution is 2.17. The maximum Gasteiger partial charge on any atom is 0.266 e. The van der Waals surface area contributed by atoms with Gasteiger partial charge in [0.25, 0.3) is 5.91 Å². The predicted octanol–water partition coefficient (Wildman–Crippen LogP) is 4.39. The van der Waals surface area contributed by atoms with Crippen molar-refractivity contribution in [2.75, 3.05) is 23.3 Å². The number of nitrogens with zero attached hydrogens (tertiary/aromatic N) is 2. The lowest BCUT2D eigenvalue weighted by Crippen LogP contribution is -2.21. The van der Waals surface area contributed by atoms with Crippen LogP contribution in [-0.4, -0.2) is 19.0 Å². The number of aryl methyl sites for hydroxylation is 1. The summed E-state index contributed by atoms with van der Waals surface area (Å²) < 4.78 is 0. The van der Waals surface area contributed by atoms with Crippen molar-refractivity contribution < 1.29 is 4.79 Å². The zero-order chi connectivity index (χ0) is 18.2. The number of hydrogen-bond donors (Lipinski definition) is 1. The number of amides is 1. The average Bonchev–Trinajstić information content (AvgIpc) is 2.62. The fourth-order valence-corrected chi connectivity index (χ4v) is 2.61. The zero-order valence-electron chi connectivity index (χ0n) is 14.9. The molecule has 0 saturated heterocycles. The van der Waals surface area contributed by atoms with Crippen molar-refractivity contribution in [1.29, 1.82) is 5.26 Å². The maximum absolute atomic E-state index is 12.3. The van der Waals surface area contributed by atoms with E-state index in [4.69, 9.17) is 0 Å². The van der Waals surface area contributed by atoms with Crippen molar-refractivity contribution >= 4 is 23.4 Å². The number of anilines is 2. The van der Waals surface area contributed by atoms with Gasteiger partial charge in [-0.15, -0.1) is 0 Å². The quantitative estimate of drug-likeness (QED) is 0.630. The predicted molar refractivity (Wildman–Crippen MR) is 103 cm³/mol. The second-order valence-electron chi connectivity index (χ2n) is 5.76. The van der Waals surface area contributed by atoms with Gasteiger partial charge in [-0.3, -0.25) is 4.79 Å². The summed E-state index contributed by atoms with van der Waals surface area (Å²) in [4.78, 5) is 14.6. The Morgan fingerprint density at radius 1 is 1.16 bits per heavy atom. The highest BCUT2D eigenvalue weighted by molar-refractivity contribution is 6.09. The van der Waals surface area contributed by atoms with Gasteiger partial charge < -0.3 is 10.2 Å². The van der Waals surface area contributed by atoms with Gasteiger partial charge in [0.05, 0.1) is 0 Å². The first-order valence-electron chi connectivity index (χ1n) is 8.42. The molecule has 128 valence electrons. The van der Waals surface area contributed by atoms with Gasteiger partial charge in [0.1, 0.15) is 11.6 Å². The molecule has 0 bridgehead atoms. The summed E-state index contributed by atoms with van der Waals surface area (Å²) in [5, 5.41) is 12.1. The smallest absolute Gasteiger partial charge is 0.266 e. The standard InChI is InChI=1S/C21H23N3O/c1-4-24(5-2)20-11-9-17(10-12-20)14-18(15-22)21(25)23-19-8-6-7-16(3)13-19/h6-14H,4-5H2,1-3H3,(H,23,25)/b18-14-. The second kappa shape index (κ2) is 8.70. The highest BCUT2D eigenvalue weighted by atomic mass is 16.1. The molecule has 0 heterocycles. The summed E-state index contributed by atoms with van der Waals surface area (Å²) in [6, 6.07) is 17.3. The first kappa shape index (κ1) is 18.3. The van der Waals surface area contributed by atoms with Gasteiger partial charge in [-0.2, -0.15) is 5.26 Å². The summed E-state index contributed by atoms with van der Waals surface area (Å²) in [5.41, 5.74) is 3.77. The van der Waals surface area contributed by atoms with E-state index in [-0.39, 0.29) is 5.57 Å². The maximum atomic E-state index is 12.3. The molecule has 0 radical (unpaired) electrons. The van der Waals surface area contributed by atoms with E-state index in [0.717, 1.165) is 29.9 Å². The van der Waals surface area contributed by atoms with Gasteiger partial charge in [0, 0.05) is 24.5 Å². The first-order valence-corrected chi connectivity index (χ1v) is 8.42. The molecule has 0 aliphatic carbocycles. The average molecular weight is 333 g/mol. The van der Waals surface area contributed by atoms with Crippen molar-refractivity contribution in [3.63, 3.8) is 0 Å². The molecule has 0 aliphatic rings. The Morgan fingerprint density at radius 2 is 1.84 bits per heavy atom. The van der Waals surface area contributed by atoms with E-state index >= 15 is 0 Å². The van der Waals surface area contributed by atoms with E-state index in [1.54, 1.807) is 12.1 Å². The van der Waals surface area contributed by atoms with Gasteiger partial charge in [-0.05, 0) is 62.2 Å². The van der Waals surface area contributed by atoms with Crippen molar-refractivity contribution in [3.8, 4) is 6.07 Å². The monoisotopic (exact) mass is 333 g/mol. The molecular formula is C21H23N3O. The summed E-state index contributed by atoms with van der Waals surface area (Å²) in [6.07, 6.45) is 1.61. The van der Waals surface area contributed by atoms with E-state index in [0.29, 0.717) is 5.69 Å². The lowest BCUT2D eigenvalue weighted by atomic mass is 10.1. The Hall–Kier alpha value is -3.06. The Labute approximate surface area is 149 Å². The number of nitriles is 1. The van der Waals surface area contributed by atoms with E-state index < -0.39 is 5.91 Å². The van der Waals surface area contributed by atoms with E-state index in [1.165, 1.54) is 0 Å². The lowest BCUT2D eigenvalue weighted by Gasteiger charge is -2.20. The molecule has 1 N–H and O–H groups in total. The summed E-state index contributed by atoms with van der Waals surface area (Å²) >= 11 is 0. The van der Waals surface area contributed by atoms with Gasteiger partial charge in [-0.25, -0.2) is 0 Å². The minimum absolute atomic E-state index is 0.0806. The Bertz CT molecular complexity index is 797. The molecule has 2 aromatic rings. The van der Waals surface area contributed by atoms with Crippen LogP contribution in [0.4, 0.5) is 11.4 Å². The van der Waals surface area contributed by atoms with Crippen molar-refractivity contribution in [2.24, 2.45) is 0 Å². The van der Waals surface area contributed by atoms with Gasteiger partial charge in [0.2, 0.25) is 0 Å². The van der Waals surface area contributed by atoms with Crippen LogP contribution in [0.1, 0.15) is 25.0 Å². The topological polar surface area (TPSA) is 56.1 Å². The number of hydrogen-bond acceptors (Lipinski definition) is 3. The third kappa shape index (κ3) is 4.95. The molecular weight excluding hydrogens is 310 g/mol. The minimum atomic E-state index is -0.402. The van der Waals surface area contributed by atoms with Gasteiger partial charge >= 0.3 is 0 Å². The Morgan fingerprint density at radius 3 is 2.40 bits per heavy atom. The van der Waals surface area contributed by atoms with Crippen LogP contribution in [0, 0.1) is 18.3 Å². The molecule has 0 atom stereocenters. The Balaban J connectivity index is 2.16. The van der Waals surface area contributed by atoms with Gasteiger partial charge in [0.15, 0.2) is 0 Å². The molecule has 0 fully saturated rings. The molecule has 2 rings (SSSR count). The molecule has 0 aliphatic heterocycles. The van der Waals surface area contributed by atoms with E-state index in [2.05, 4.69) is 24.1 Å². The number of rotatable bonds is 6. The molecule has 25 heavy (non-hydrogen) atoms. The number of carbonyl (C=O) groups excluding carboxylic acids is 1. The minimum Gasteiger partial charge on any atom is -0.372 e. The molecule has 0 spiro atoms. The van der Waals surface area contributed by atoms with Crippen LogP contribution in [-0.2, 0) is 4.79 Å². The third-order valence-electron chi connectivity index (χ3n) is 3.97. The van der Waals surface area contributed by atoms with E-state index in [1.807, 2.05) is 55.5 Å². The third-order valence-corrected chi connectivity index (χ3v) is 3.97. The largest absolute Gasteiger partial charge is 0.372 e. The normalized spacial score (nSPS) is 10.9. The molecule has 0 saturated carbocycles. The van der Waals surface area contributed by atoms with E-state index in [9.17, 15) is 10.1 Å². The molecule has 4 nitrogen and oxygen atoms in total.